The third kappa shape index (κ3) is 6.06. The van der Waals surface area contributed by atoms with Crippen molar-refractivity contribution in [1.82, 2.24) is 0 Å². The van der Waals surface area contributed by atoms with Crippen molar-refractivity contribution in [3.63, 3.8) is 0 Å². The van der Waals surface area contributed by atoms with Crippen LogP contribution >= 0.6 is 0 Å². The van der Waals surface area contributed by atoms with Gasteiger partial charge in [0.15, 0.2) is 0 Å². The molecule has 0 saturated carbocycles. The second-order valence-electron chi connectivity index (χ2n) is 12.7. The summed E-state index contributed by atoms with van der Waals surface area (Å²) in [6.07, 6.45) is 0.988. The molecule has 0 spiro atoms. The molecule has 0 atom stereocenters. The van der Waals surface area contributed by atoms with Crippen LogP contribution in [-0.4, -0.2) is 0 Å². The van der Waals surface area contributed by atoms with Crippen molar-refractivity contribution in [1.29, 1.82) is 0 Å². The van der Waals surface area contributed by atoms with Crippen molar-refractivity contribution in [2.24, 2.45) is 11.5 Å². The Kier molecular flexibility index (Phi) is 10.0. The Morgan fingerprint density at radius 3 is 1.57 bits per heavy atom. The first-order valence-electron chi connectivity index (χ1n) is 13.6. The summed E-state index contributed by atoms with van der Waals surface area (Å²) < 4.78 is 1.49. The zero-order chi connectivity index (χ0) is 27.4. The van der Waals surface area contributed by atoms with Gasteiger partial charge in [0, 0.05) is 0 Å². The summed E-state index contributed by atoms with van der Waals surface area (Å²) in [5.41, 5.74) is 28.1. The molecule has 4 N–H and O–H groups in total. The first kappa shape index (κ1) is 32.8. The van der Waals surface area contributed by atoms with Crippen LogP contribution < -0.4 is 39.6 Å². The van der Waals surface area contributed by atoms with Gasteiger partial charge in [0.25, 0.3) is 0 Å². The molecule has 4 aromatic rings. The van der Waals surface area contributed by atoms with Gasteiger partial charge in [0.1, 0.15) is 0 Å². The van der Waals surface area contributed by atoms with Crippen LogP contribution in [-0.2, 0) is 55.1 Å². The van der Waals surface area contributed by atoms with Crippen LogP contribution in [0.15, 0.2) is 66.7 Å². The van der Waals surface area contributed by atoms with Crippen LogP contribution in [0.3, 0.4) is 0 Å². The summed E-state index contributed by atoms with van der Waals surface area (Å²) in [6, 6.07) is 25.1. The second kappa shape index (κ2) is 12.2. The van der Waals surface area contributed by atoms with Crippen LogP contribution in [0.2, 0.25) is 0 Å². The number of nitrogens with two attached hydrogens (primary N) is 2. The van der Waals surface area contributed by atoms with Crippen molar-refractivity contribution in [2.45, 2.75) is 71.9 Å². The van der Waals surface area contributed by atoms with Crippen molar-refractivity contribution in [3.05, 3.63) is 100 Å². The van der Waals surface area contributed by atoms with E-state index in [1.165, 1.54) is 94.8 Å². The number of benzene rings is 4. The van der Waals surface area contributed by atoms with E-state index in [-0.39, 0.29) is 35.6 Å². The van der Waals surface area contributed by atoms with Gasteiger partial charge in [-0.3, -0.25) is 0 Å². The van der Waals surface area contributed by atoms with Gasteiger partial charge >= 0.3 is 245 Å². The number of hydrogen-bond donors (Lipinski definition) is 2. The third-order valence-corrected chi connectivity index (χ3v) is 9.29. The molecule has 0 aliphatic heterocycles. The molecule has 0 radical (unpaired) electrons. The van der Waals surface area contributed by atoms with Gasteiger partial charge < -0.3 is 24.8 Å². The molecule has 0 heterocycles. The van der Waals surface area contributed by atoms with Crippen LogP contribution in [0.5, 0.6) is 0 Å². The molecular weight excluding hydrogens is 611 g/mol. The number of hydrogen-bond acceptors (Lipinski definition) is 2. The Morgan fingerprint density at radius 1 is 0.625 bits per heavy atom. The second-order valence-corrected chi connectivity index (χ2v) is 14.0. The summed E-state index contributed by atoms with van der Waals surface area (Å²) in [6.45, 7) is 15.1. The topological polar surface area (TPSA) is 52.0 Å². The smallest absolute Gasteiger partial charge is 1.00 e. The van der Waals surface area contributed by atoms with Gasteiger partial charge in [-0.15, -0.1) is 0 Å². The number of rotatable bonds is 4. The predicted molar refractivity (Wildman–Crippen MR) is 158 cm³/mol. The standard InChI is InChI=1S/C35H39N2.2ClH.Zr/c1-34(2,3)32-18-28-26(16-30(32)24-11-7-22(20-36)8-12-24)15-27-17-31(25-13-9-23(21-37)10-14-25)33(19-29(27)28)35(4,5)6;;;/h7-14,16,18-19H,15,20-21,36-37H2,1-6H3;2*1H;/q;;;+2/p-2. The molecule has 1 aliphatic carbocycles. The first-order valence-corrected chi connectivity index (χ1v) is 14.8. The fourth-order valence-electron chi connectivity index (χ4n) is 5.76. The Hall–Kier alpha value is -1.74. The SMILES string of the molecule is CC(C)(C)c1cc2c(cc1-c1ccc(CN)cc1)Cc1c-2cc(C(C)(C)C)c(-c2ccc(CN)cc2)[c]1[Zr+2].[Cl-].[Cl-]. The van der Waals surface area contributed by atoms with Crippen LogP contribution in [0.1, 0.15) is 74.9 Å². The Balaban J connectivity index is 0.00000220. The summed E-state index contributed by atoms with van der Waals surface area (Å²) in [7, 11) is 0. The van der Waals surface area contributed by atoms with Crippen molar-refractivity contribution in [2.75, 3.05) is 0 Å². The number of halogens is 2. The van der Waals surface area contributed by atoms with Crippen LogP contribution in [0, 0.1) is 0 Å². The summed E-state index contributed by atoms with van der Waals surface area (Å²) in [5.74, 6) is 0. The molecule has 0 unspecified atom stereocenters. The van der Waals surface area contributed by atoms with Gasteiger partial charge in [0.2, 0.25) is 0 Å². The normalized spacial score (nSPS) is 12.3. The largest absolute Gasteiger partial charge is 1.00 e. The fraction of sp³-hybridized carbons (Fsp3) is 0.314. The Labute approximate surface area is 268 Å². The molecule has 0 saturated heterocycles. The van der Waals surface area contributed by atoms with Crippen molar-refractivity contribution < 1.29 is 49.5 Å². The maximum atomic E-state index is 5.90. The number of fused-ring (bicyclic) bond motifs is 3. The Bertz CT molecular complexity index is 1510. The van der Waals surface area contributed by atoms with Crippen molar-refractivity contribution >= 4 is 3.27 Å². The molecule has 2 nitrogen and oxygen atoms in total. The van der Waals surface area contributed by atoms with E-state index < -0.39 is 0 Å². The summed E-state index contributed by atoms with van der Waals surface area (Å²) in [5, 5.41) is 0. The monoisotopic (exact) mass is 647 g/mol. The molecule has 0 aromatic heterocycles. The zero-order valence-corrected chi connectivity index (χ0v) is 28.4. The zero-order valence-electron chi connectivity index (χ0n) is 24.4. The maximum absolute atomic E-state index is 5.90. The molecule has 1 aliphatic rings. The molecular formula is C35H39Cl2N2Zr. The first-order chi connectivity index (χ1) is 17.9. The molecule has 40 heavy (non-hydrogen) atoms. The average molecular weight is 650 g/mol. The van der Waals surface area contributed by atoms with E-state index in [9.17, 15) is 0 Å². The van der Waals surface area contributed by atoms with E-state index in [0.717, 1.165) is 6.42 Å². The molecule has 0 amide bonds. The van der Waals surface area contributed by atoms with Crippen molar-refractivity contribution in [3.8, 4) is 33.4 Å². The third-order valence-electron chi connectivity index (χ3n) is 7.93. The minimum absolute atomic E-state index is 0. The molecule has 4 aromatic carbocycles. The minimum atomic E-state index is 0. The minimum Gasteiger partial charge on any atom is -1.00 e. The van der Waals surface area contributed by atoms with E-state index in [2.05, 4.69) is 108 Å². The van der Waals surface area contributed by atoms with Gasteiger partial charge in [-0.1, -0.05) is 0 Å². The predicted octanol–water partition coefficient (Wildman–Crippen LogP) is 1.28. The van der Waals surface area contributed by atoms with E-state index in [4.69, 9.17) is 11.5 Å². The maximum Gasteiger partial charge on any atom is -1.00 e. The molecule has 0 fully saturated rings. The summed E-state index contributed by atoms with van der Waals surface area (Å²) in [4.78, 5) is 0. The van der Waals surface area contributed by atoms with Gasteiger partial charge in [0.05, 0.1) is 0 Å². The molecule has 5 heteroatoms. The van der Waals surface area contributed by atoms with E-state index >= 15 is 0 Å². The average Bonchev–Trinajstić information content (AvgIpc) is 3.25. The molecule has 207 valence electrons. The quantitative estimate of drug-likeness (QED) is 0.309. The summed E-state index contributed by atoms with van der Waals surface area (Å²) >= 11 is 1.47. The van der Waals surface area contributed by atoms with Crippen LogP contribution in [0.25, 0.3) is 33.4 Å². The van der Waals surface area contributed by atoms with E-state index in [1.54, 1.807) is 0 Å². The van der Waals surface area contributed by atoms with Gasteiger partial charge in [-0.2, -0.15) is 0 Å². The van der Waals surface area contributed by atoms with Crippen LogP contribution in [0.4, 0.5) is 0 Å². The fourth-order valence-corrected chi connectivity index (χ4v) is 6.99. The Morgan fingerprint density at radius 2 is 1.10 bits per heavy atom. The molecule has 5 rings (SSSR count). The van der Waals surface area contributed by atoms with Gasteiger partial charge in [-0.25, -0.2) is 0 Å². The van der Waals surface area contributed by atoms with Gasteiger partial charge in [-0.05, 0) is 0 Å². The van der Waals surface area contributed by atoms with E-state index in [0.29, 0.717) is 13.1 Å². The molecule has 0 bridgehead atoms. The van der Waals surface area contributed by atoms with E-state index in [1.807, 2.05) is 0 Å².